The molecule has 1 aliphatic carbocycles. The summed E-state index contributed by atoms with van der Waals surface area (Å²) >= 11 is 0. The molecule has 0 atom stereocenters. The number of carboxylic acid groups (broad SMARTS) is 1. The Kier molecular flexibility index (Phi) is 3.91. The molecule has 134 valence electrons. The smallest absolute Gasteiger partial charge is 0.335 e. The zero-order valence-corrected chi connectivity index (χ0v) is 14.0. The molecule has 7 heteroatoms. The van der Waals surface area contributed by atoms with E-state index in [1.807, 2.05) is 18.2 Å². The monoisotopic (exact) mass is 354 g/mol. The lowest BCUT2D eigenvalue weighted by Crippen LogP contribution is -2.41. The molecule has 2 aromatic carbocycles. The summed E-state index contributed by atoms with van der Waals surface area (Å²) in [7, 11) is 0. The third kappa shape index (κ3) is 3.15. The van der Waals surface area contributed by atoms with Crippen LogP contribution in [0.5, 0.6) is 11.5 Å². The highest BCUT2D eigenvalue weighted by atomic mass is 16.7. The Morgan fingerprint density at radius 2 is 1.77 bits per heavy atom. The molecule has 0 spiro atoms. The first-order valence-corrected chi connectivity index (χ1v) is 8.34. The fourth-order valence-corrected chi connectivity index (χ4v) is 3.01. The minimum Gasteiger partial charge on any atom is -0.478 e. The summed E-state index contributed by atoms with van der Waals surface area (Å²) in [6.07, 6.45) is 1.74. The van der Waals surface area contributed by atoms with E-state index in [1.165, 1.54) is 12.1 Å². The Labute approximate surface area is 149 Å². The molecule has 2 amide bonds. The first-order valence-electron chi connectivity index (χ1n) is 8.34. The molecule has 0 saturated heterocycles. The molecule has 2 aliphatic rings. The van der Waals surface area contributed by atoms with Gasteiger partial charge in [0.05, 0.1) is 11.1 Å². The Bertz CT molecular complexity index is 859. The molecule has 3 N–H and O–H groups in total. The lowest BCUT2D eigenvalue weighted by molar-refractivity contribution is 0.0697. The maximum atomic E-state index is 12.3. The number of fused-ring (bicyclic) bond motifs is 1. The summed E-state index contributed by atoms with van der Waals surface area (Å²) in [5.74, 6) is 0.454. The van der Waals surface area contributed by atoms with Crippen molar-refractivity contribution in [2.75, 3.05) is 6.79 Å². The normalized spacial score (nSPS) is 16.0. The minimum atomic E-state index is -0.971. The molecule has 0 aromatic heterocycles. The number of hydrogen-bond acceptors (Lipinski definition) is 4. The van der Waals surface area contributed by atoms with E-state index in [2.05, 4.69) is 10.6 Å². The number of aromatic carboxylic acids is 1. The van der Waals surface area contributed by atoms with E-state index in [4.69, 9.17) is 14.6 Å². The summed E-state index contributed by atoms with van der Waals surface area (Å²) in [6.45, 7) is 0.545. The number of benzene rings is 2. The second-order valence-corrected chi connectivity index (χ2v) is 6.46. The molecule has 1 heterocycles. The van der Waals surface area contributed by atoms with Gasteiger partial charge in [-0.05, 0) is 48.2 Å². The van der Waals surface area contributed by atoms with Crippen LogP contribution in [0.15, 0.2) is 42.5 Å². The lowest BCUT2D eigenvalue weighted by Gasteiger charge is -2.19. The van der Waals surface area contributed by atoms with Crippen LogP contribution in [-0.4, -0.2) is 23.9 Å². The second kappa shape index (κ2) is 6.25. The van der Waals surface area contributed by atoms with Gasteiger partial charge in [0.1, 0.15) is 0 Å². The van der Waals surface area contributed by atoms with Crippen molar-refractivity contribution in [2.24, 2.45) is 0 Å². The number of amides is 2. The van der Waals surface area contributed by atoms with Gasteiger partial charge in [0.2, 0.25) is 6.79 Å². The Morgan fingerprint density at radius 3 is 2.46 bits per heavy atom. The minimum absolute atomic E-state index is 0.220. The summed E-state index contributed by atoms with van der Waals surface area (Å²) in [6, 6.07) is 11.9. The van der Waals surface area contributed by atoms with E-state index in [9.17, 15) is 9.59 Å². The summed E-state index contributed by atoms with van der Waals surface area (Å²) < 4.78 is 10.7. The topological polar surface area (TPSA) is 96.9 Å². The number of ether oxygens (including phenoxy) is 2. The number of carboxylic acids is 1. The van der Waals surface area contributed by atoms with Gasteiger partial charge in [-0.15, -0.1) is 0 Å². The summed E-state index contributed by atoms with van der Waals surface area (Å²) in [5, 5.41) is 14.7. The zero-order valence-electron chi connectivity index (χ0n) is 14.0. The quantitative estimate of drug-likeness (QED) is 0.767. The third-order valence-electron chi connectivity index (χ3n) is 4.68. The molecular weight excluding hydrogens is 336 g/mol. The van der Waals surface area contributed by atoms with Gasteiger partial charge in [-0.1, -0.05) is 18.2 Å². The van der Waals surface area contributed by atoms with Crippen molar-refractivity contribution in [3.63, 3.8) is 0 Å². The highest BCUT2D eigenvalue weighted by Gasteiger charge is 2.46. The Morgan fingerprint density at radius 1 is 1.04 bits per heavy atom. The standard InChI is InChI=1S/C19H18N2O5/c22-17(23)13-3-1-12(2-4-13)10-20-18(24)21-19(7-8-19)14-5-6-15-16(9-14)26-11-25-15/h1-6,9H,7-8,10-11H2,(H,22,23)(H2,20,21,24). The van der Waals surface area contributed by atoms with Crippen molar-refractivity contribution >= 4 is 12.0 Å². The average Bonchev–Trinajstić information content (AvgIpc) is 3.26. The third-order valence-corrected chi connectivity index (χ3v) is 4.68. The molecule has 0 unspecified atom stereocenters. The zero-order chi connectivity index (χ0) is 18.1. The van der Waals surface area contributed by atoms with E-state index in [0.717, 1.165) is 29.7 Å². The first kappa shape index (κ1) is 16.3. The highest BCUT2D eigenvalue weighted by molar-refractivity contribution is 5.87. The molecule has 1 fully saturated rings. The maximum Gasteiger partial charge on any atom is 0.335 e. The fraction of sp³-hybridized carbons (Fsp3) is 0.263. The molecular formula is C19H18N2O5. The van der Waals surface area contributed by atoms with Crippen LogP contribution in [0.25, 0.3) is 0 Å². The molecule has 2 aromatic rings. The van der Waals surface area contributed by atoms with Crippen LogP contribution in [0.1, 0.15) is 34.3 Å². The SMILES string of the molecule is O=C(NCc1ccc(C(=O)O)cc1)NC1(c2ccc3c(c2)OCO3)CC1. The molecule has 7 nitrogen and oxygen atoms in total. The number of hydrogen-bond donors (Lipinski definition) is 3. The van der Waals surface area contributed by atoms with Crippen molar-refractivity contribution < 1.29 is 24.2 Å². The van der Waals surface area contributed by atoms with Crippen LogP contribution >= 0.6 is 0 Å². The number of carbonyl (C=O) groups excluding carboxylic acids is 1. The van der Waals surface area contributed by atoms with Gasteiger partial charge in [-0.25, -0.2) is 9.59 Å². The first-order chi connectivity index (χ1) is 12.6. The van der Waals surface area contributed by atoms with E-state index in [-0.39, 0.29) is 23.9 Å². The molecule has 4 rings (SSSR count). The van der Waals surface area contributed by atoms with Gasteiger partial charge in [-0.3, -0.25) is 0 Å². The number of nitrogens with one attached hydrogen (secondary N) is 2. The van der Waals surface area contributed by atoms with Gasteiger partial charge in [0, 0.05) is 6.54 Å². The summed E-state index contributed by atoms with van der Waals surface area (Å²) in [4.78, 5) is 23.1. The van der Waals surface area contributed by atoms with Crippen LogP contribution < -0.4 is 20.1 Å². The van der Waals surface area contributed by atoms with Gasteiger partial charge in [-0.2, -0.15) is 0 Å². The molecule has 0 bridgehead atoms. The number of urea groups is 1. The van der Waals surface area contributed by atoms with Crippen LogP contribution in [0.4, 0.5) is 4.79 Å². The van der Waals surface area contributed by atoms with Crippen LogP contribution in [0.3, 0.4) is 0 Å². The lowest BCUT2D eigenvalue weighted by atomic mass is 10.0. The van der Waals surface area contributed by atoms with Gasteiger partial charge >= 0.3 is 12.0 Å². The Balaban J connectivity index is 1.36. The van der Waals surface area contributed by atoms with Crippen molar-refractivity contribution in [1.82, 2.24) is 10.6 Å². The van der Waals surface area contributed by atoms with E-state index in [1.54, 1.807) is 12.1 Å². The van der Waals surface area contributed by atoms with Crippen molar-refractivity contribution in [3.05, 3.63) is 59.2 Å². The Hall–Kier alpha value is -3.22. The van der Waals surface area contributed by atoms with E-state index >= 15 is 0 Å². The molecule has 1 aliphatic heterocycles. The molecule has 1 saturated carbocycles. The predicted molar refractivity (Wildman–Crippen MR) is 92.2 cm³/mol. The van der Waals surface area contributed by atoms with Gasteiger partial charge < -0.3 is 25.2 Å². The van der Waals surface area contributed by atoms with Crippen LogP contribution in [0, 0.1) is 0 Å². The molecule has 26 heavy (non-hydrogen) atoms. The van der Waals surface area contributed by atoms with Gasteiger partial charge in [0.15, 0.2) is 11.5 Å². The van der Waals surface area contributed by atoms with E-state index in [0.29, 0.717) is 12.3 Å². The summed E-state index contributed by atoms with van der Waals surface area (Å²) in [5.41, 5.74) is 1.69. The van der Waals surface area contributed by atoms with Gasteiger partial charge in [0.25, 0.3) is 0 Å². The largest absolute Gasteiger partial charge is 0.478 e. The number of carbonyl (C=O) groups is 2. The van der Waals surface area contributed by atoms with Crippen molar-refractivity contribution in [1.29, 1.82) is 0 Å². The van der Waals surface area contributed by atoms with Crippen molar-refractivity contribution in [3.8, 4) is 11.5 Å². The van der Waals surface area contributed by atoms with Crippen LogP contribution in [0.2, 0.25) is 0 Å². The fourth-order valence-electron chi connectivity index (χ4n) is 3.01. The van der Waals surface area contributed by atoms with E-state index < -0.39 is 5.97 Å². The predicted octanol–water partition coefficient (Wildman–Crippen LogP) is 2.60. The highest BCUT2D eigenvalue weighted by Crippen LogP contribution is 2.48. The second-order valence-electron chi connectivity index (χ2n) is 6.46. The average molecular weight is 354 g/mol. The maximum absolute atomic E-state index is 12.3. The number of rotatable bonds is 5. The van der Waals surface area contributed by atoms with Crippen LogP contribution in [-0.2, 0) is 12.1 Å². The van der Waals surface area contributed by atoms with Crippen molar-refractivity contribution in [2.45, 2.75) is 24.9 Å². The molecule has 0 radical (unpaired) electrons.